The summed E-state index contributed by atoms with van der Waals surface area (Å²) in [5.41, 5.74) is 0. The number of nitrogens with zero attached hydrogens (tertiary/aromatic N) is 1. The van der Waals surface area contributed by atoms with Crippen molar-refractivity contribution in [3.8, 4) is 0 Å². The molecule has 1 fully saturated rings. The van der Waals surface area contributed by atoms with E-state index in [0.29, 0.717) is 31.7 Å². The molecule has 3 nitrogen and oxygen atoms in total. The Balaban J connectivity index is 1.85. The summed E-state index contributed by atoms with van der Waals surface area (Å²) in [6, 6.07) is 3.24. The first-order valence-corrected chi connectivity index (χ1v) is 5.82. The molecule has 0 N–H and O–H groups in total. The zero-order chi connectivity index (χ0) is 13.2. The van der Waals surface area contributed by atoms with Crippen molar-refractivity contribution in [3.05, 3.63) is 23.7 Å². The number of hydrogen-bond donors (Lipinski definition) is 0. The monoisotopic (exact) mass is 261 g/mol. The van der Waals surface area contributed by atoms with E-state index in [0.717, 1.165) is 0 Å². The highest BCUT2D eigenvalue weighted by Gasteiger charge is 2.41. The van der Waals surface area contributed by atoms with Crippen LogP contribution >= 0.6 is 0 Å². The summed E-state index contributed by atoms with van der Waals surface area (Å²) in [6.07, 6.45) is -3.21. The SMILES string of the molecule is O=Cc1ccc(CN2CCC(C(F)(F)F)CC2)o1. The minimum absolute atomic E-state index is 0.130. The predicted molar refractivity (Wildman–Crippen MR) is 58.2 cm³/mol. The molecule has 0 spiro atoms. The second-order valence-corrected chi connectivity index (χ2v) is 4.51. The minimum atomic E-state index is -4.08. The first-order chi connectivity index (χ1) is 8.49. The molecule has 1 aromatic heterocycles. The van der Waals surface area contributed by atoms with Crippen LogP contribution in [-0.4, -0.2) is 30.5 Å². The molecule has 2 heterocycles. The maximum atomic E-state index is 12.5. The number of carbonyl (C=O) groups excluding carboxylic acids is 1. The molecule has 18 heavy (non-hydrogen) atoms. The highest BCUT2D eigenvalue weighted by molar-refractivity contribution is 5.70. The van der Waals surface area contributed by atoms with E-state index in [-0.39, 0.29) is 18.6 Å². The summed E-state index contributed by atoms with van der Waals surface area (Å²) < 4.78 is 42.6. The Bertz CT molecular complexity index is 406. The van der Waals surface area contributed by atoms with Crippen molar-refractivity contribution in [1.82, 2.24) is 4.90 Å². The van der Waals surface area contributed by atoms with E-state index in [4.69, 9.17) is 4.42 Å². The molecule has 1 aromatic rings. The molecule has 0 bridgehead atoms. The summed E-state index contributed by atoms with van der Waals surface area (Å²) in [5.74, 6) is -0.325. The van der Waals surface area contributed by atoms with Crippen LogP contribution in [0.25, 0.3) is 0 Å². The lowest BCUT2D eigenvalue weighted by Crippen LogP contribution is -2.38. The second kappa shape index (κ2) is 5.14. The standard InChI is InChI=1S/C12H14F3NO2/c13-12(14,15)9-3-5-16(6-4-9)7-10-1-2-11(8-17)18-10/h1-2,8-9H,3-7H2. The molecule has 0 atom stereocenters. The van der Waals surface area contributed by atoms with Gasteiger partial charge in [0.25, 0.3) is 0 Å². The van der Waals surface area contributed by atoms with Crippen LogP contribution in [0.15, 0.2) is 16.5 Å². The molecule has 0 aromatic carbocycles. The zero-order valence-corrected chi connectivity index (χ0v) is 9.74. The van der Waals surface area contributed by atoms with Gasteiger partial charge in [0, 0.05) is 0 Å². The average molecular weight is 261 g/mol. The molecule has 0 unspecified atom stereocenters. The van der Waals surface area contributed by atoms with Gasteiger partial charge in [0.1, 0.15) is 5.76 Å². The molecule has 1 aliphatic heterocycles. The first-order valence-electron chi connectivity index (χ1n) is 5.82. The fourth-order valence-corrected chi connectivity index (χ4v) is 2.18. The summed E-state index contributed by atoms with van der Waals surface area (Å²) in [4.78, 5) is 12.3. The van der Waals surface area contributed by atoms with Gasteiger partial charge in [-0.25, -0.2) is 0 Å². The quantitative estimate of drug-likeness (QED) is 0.784. The fourth-order valence-electron chi connectivity index (χ4n) is 2.18. The molecule has 1 saturated heterocycles. The average Bonchev–Trinajstić information content (AvgIpc) is 2.76. The molecule has 6 heteroatoms. The zero-order valence-electron chi connectivity index (χ0n) is 9.74. The smallest absolute Gasteiger partial charge is 0.391 e. The van der Waals surface area contributed by atoms with Crippen LogP contribution in [0.4, 0.5) is 13.2 Å². The summed E-state index contributed by atoms with van der Waals surface area (Å²) in [6.45, 7) is 1.26. The van der Waals surface area contributed by atoms with E-state index in [2.05, 4.69) is 0 Å². The summed E-state index contributed by atoms with van der Waals surface area (Å²) in [5, 5.41) is 0. The number of hydrogen-bond acceptors (Lipinski definition) is 3. The number of rotatable bonds is 3. The van der Waals surface area contributed by atoms with Crippen molar-refractivity contribution in [2.45, 2.75) is 25.6 Å². The van der Waals surface area contributed by atoms with Crippen LogP contribution in [-0.2, 0) is 6.54 Å². The van der Waals surface area contributed by atoms with Gasteiger partial charge in [-0.2, -0.15) is 13.2 Å². The van der Waals surface area contributed by atoms with Crippen LogP contribution in [0.3, 0.4) is 0 Å². The third-order valence-corrected chi connectivity index (χ3v) is 3.23. The second-order valence-electron chi connectivity index (χ2n) is 4.51. The molecule has 0 aliphatic carbocycles. The Hall–Kier alpha value is -1.30. The molecule has 0 radical (unpaired) electrons. The molecule has 100 valence electrons. The number of carbonyl (C=O) groups is 1. The Morgan fingerprint density at radius 3 is 2.50 bits per heavy atom. The number of aldehydes is 1. The van der Waals surface area contributed by atoms with Gasteiger partial charge < -0.3 is 4.42 Å². The summed E-state index contributed by atoms with van der Waals surface area (Å²) >= 11 is 0. The van der Waals surface area contributed by atoms with Gasteiger partial charge in [-0.15, -0.1) is 0 Å². The molecule has 1 aliphatic rings. The topological polar surface area (TPSA) is 33.5 Å². The molecular weight excluding hydrogens is 247 g/mol. The van der Waals surface area contributed by atoms with E-state index in [9.17, 15) is 18.0 Å². The van der Waals surface area contributed by atoms with Crippen LogP contribution in [0, 0.1) is 5.92 Å². The number of alkyl halides is 3. The lowest BCUT2D eigenvalue weighted by molar-refractivity contribution is -0.185. The lowest BCUT2D eigenvalue weighted by atomic mass is 9.96. The molecule has 0 saturated carbocycles. The van der Waals surface area contributed by atoms with Crippen molar-refractivity contribution in [2.24, 2.45) is 5.92 Å². The fraction of sp³-hybridized carbons (Fsp3) is 0.583. The predicted octanol–water partition coefficient (Wildman–Crippen LogP) is 2.87. The van der Waals surface area contributed by atoms with E-state index in [1.54, 1.807) is 12.1 Å². The highest BCUT2D eigenvalue weighted by atomic mass is 19.4. The summed E-state index contributed by atoms with van der Waals surface area (Å²) in [7, 11) is 0. The Labute approximate surface area is 103 Å². The van der Waals surface area contributed by atoms with E-state index in [1.807, 2.05) is 4.90 Å². The maximum absolute atomic E-state index is 12.5. The van der Waals surface area contributed by atoms with Gasteiger partial charge in [-0.1, -0.05) is 0 Å². The van der Waals surface area contributed by atoms with Crippen molar-refractivity contribution >= 4 is 6.29 Å². The maximum Gasteiger partial charge on any atom is 0.391 e. The molecule has 0 amide bonds. The minimum Gasteiger partial charge on any atom is -0.457 e. The first kappa shape index (κ1) is 13.1. The van der Waals surface area contributed by atoms with Gasteiger partial charge >= 0.3 is 6.18 Å². The lowest BCUT2D eigenvalue weighted by Gasteiger charge is -2.32. The number of halogens is 3. The molecule has 2 rings (SSSR count). The van der Waals surface area contributed by atoms with Crippen LogP contribution in [0.1, 0.15) is 29.2 Å². The van der Waals surface area contributed by atoms with Crippen LogP contribution < -0.4 is 0 Å². The Morgan fingerprint density at radius 2 is 2.00 bits per heavy atom. The van der Waals surface area contributed by atoms with Crippen molar-refractivity contribution in [2.75, 3.05) is 13.1 Å². The highest BCUT2D eigenvalue weighted by Crippen LogP contribution is 2.34. The van der Waals surface area contributed by atoms with Crippen LogP contribution in [0.2, 0.25) is 0 Å². The van der Waals surface area contributed by atoms with Gasteiger partial charge in [0.15, 0.2) is 12.0 Å². The Morgan fingerprint density at radius 1 is 1.33 bits per heavy atom. The number of likely N-dealkylation sites (tertiary alicyclic amines) is 1. The normalized spacial score (nSPS) is 19.1. The molecular formula is C12H14F3NO2. The van der Waals surface area contributed by atoms with Crippen molar-refractivity contribution < 1.29 is 22.4 Å². The third kappa shape index (κ3) is 3.13. The van der Waals surface area contributed by atoms with E-state index in [1.165, 1.54) is 0 Å². The number of piperidine rings is 1. The van der Waals surface area contributed by atoms with Gasteiger partial charge in [-0.3, -0.25) is 9.69 Å². The largest absolute Gasteiger partial charge is 0.457 e. The van der Waals surface area contributed by atoms with Crippen molar-refractivity contribution in [1.29, 1.82) is 0 Å². The van der Waals surface area contributed by atoms with E-state index < -0.39 is 12.1 Å². The number of furan rings is 1. The van der Waals surface area contributed by atoms with Gasteiger partial charge in [0.2, 0.25) is 0 Å². The van der Waals surface area contributed by atoms with Gasteiger partial charge in [-0.05, 0) is 38.1 Å². The third-order valence-electron chi connectivity index (χ3n) is 3.23. The van der Waals surface area contributed by atoms with E-state index >= 15 is 0 Å². The van der Waals surface area contributed by atoms with Crippen LogP contribution in [0.5, 0.6) is 0 Å². The van der Waals surface area contributed by atoms with Gasteiger partial charge in [0.05, 0.1) is 12.5 Å². The Kier molecular flexibility index (Phi) is 3.75. The van der Waals surface area contributed by atoms with Crippen molar-refractivity contribution in [3.63, 3.8) is 0 Å².